The van der Waals surface area contributed by atoms with Crippen molar-refractivity contribution in [2.75, 3.05) is 7.05 Å². The topological polar surface area (TPSA) is 66.4 Å². The fourth-order valence-electron chi connectivity index (χ4n) is 3.68. The normalized spacial score (nSPS) is 39.2. The highest BCUT2D eigenvalue weighted by Crippen LogP contribution is 2.39. The first-order valence-corrected chi connectivity index (χ1v) is 7.75. The number of aliphatic carboxylic acids is 1. The second-order valence-corrected chi connectivity index (χ2v) is 6.53. The highest BCUT2D eigenvalue weighted by atomic mass is 16.4. The molecule has 0 radical (unpaired) electrons. The van der Waals surface area contributed by atoms with Crippen LogP contribution in [0.5, 0.6) is 0 Å². The first-order chi connectivity index (χ1) is 9.31. The van der Waals surface area contributed by atoms with Crippen LogP contribution in [0, 0.1) is 35.5 Å². The third kappa shape index (κ3) is 3.53. The number of hydrogen-bond acceptors (Lipinski definition) is 2. The number of nitrogens with one attached hydrogen (secondary N) is 1. The van der Waals surface area contributed by atoms with Crippen molar-refractivity contribution in [2.45, 2.75) is 47.0 Å². The summed E-state index contributed by atoms with van der Waals surface area (Å²) in [6.45, 7) is 8.47. The van der Waals surface area contributed by atoms with Crippen molar-refractivity contribution in [1.29, 1.82) is 0 Å². The van der Waals surface area contributed by atoms with Crippen molar-refractivity contribution in [3.63, 3.8) is 0 Å². The molecule has 0 unspecified atom stereocenters. The Morgan fingerprint density at radius 1 is 0.900 bits per heavy atom. The third-order valence-corrected chi connectivity index (χ3v) is 5.69. The lowest BCUT2D eigenvalue weighted by atomic mass is 9.71. The highest BCUT2D eigenvalue weighted by molar-refractivity contribution is 5.78. The second-order valence-electron chi connectivity index (χ2n) is 6.53. The van der Waals surface area contributed by atoms with Crippen LogP contribution in [-0.4, -0.2) is 24.0 Å². The molecule has 0 aliphatic heterocycles. The molecule has 4 heteroatoms. The monoisotopic (exact) mass is 283 g/mol. The van der Waals surface area contributed by atoms with Crippen LogP contribution < -0.4 is 5.32 Å². The summed E-state index contributed by atoms with van der Waals surface area (Å²) in [6, 6.07) is 0. The lowest BCUT2D eigenvalue weighted by Crippen LogP contribution is -2.37. The zero-order chi connectivity index (χ0) is 15.4. The third-order valence-electron chi connectivity index (χ3n) is 5.69. The molecular weight excluding hydrogens is 254 g/mol. The van der Waals surface area contributed by atoms with Crippen LogP contribution in [0.3, 0.4) is 0 Å². The molecular formula is C16H29NO3. The minimum atomic E-state index is -0.692. The minimum absolute atomic E-state index is 0.00260. The molecule has 20 heavy (non-hydrogen) atoms. The number of carboxylic acids is 1. The number of hydrogen-bond donors (Lipinski definition) is 2. The quantitative estimate of drug-likeness (QED) is 0.819. The van der Waals surface area contributed by atoms with Gasteiger partial charge in [0.1, 0.15) is 0 Å². The van der Waals surface area contributed by atoms with Crippen molar-refractivity contribution in [2.24, 2.45) is 35.5 Å². The minimum Gasteiger partial charge on any atom is -0.481 e. The van der Waals surface area contributed by atoms with Gasteiger partial charge in [0.15, 0.2) is 0 Å². The number of carbonyl (C=O) groups is 2. The average molecular weight is 283 g/mol. The van der Waals surface area contributed by atoms with Gasteiger partial charge in [0.2, 0.25) is 5.91 Å². The van der Waals surface area contributed by atoms with E-state index in [-0.39, 0.29) is 29.6 Å². The summed E-state index contributed by atoms with van der Waals surface area (Å²) in [5.74, 6) is 0.179. The lowest BCUT2D eigenvalue weighted by molar-refractivity contribution is -0.144. The molecule has 2 N–H and O–H groups in total. The van der Waals surface area contributed by atoms with Crippen LogP contribution in [0.25, 0.3) is 0 Å². The summed E-state index contributed by atoms with van der Waals surface area (Å²) in [4.78, 5) is 23.5. The molecule has 0 spiro atoms. The van der Waals surface area contributed by atoms with E-state index >= 15 is 0 Å². The van der Waals surface area contributed by atoms with Gasteiger partial charge in [-0.1, -0.05) is 34.1 Å². The van der Waals surface area contributed by atoms with E-state index in [9.17, 15) is 14.7 Å². The van der Waals surface area contributed by atoms with Gasteiger partial charge in [0.05, 0.1) is 5.92 Å². The van der Waals surface area contributed by atoms with E-state index in [0.717, 1.165) is 12.8 Å². The summed E-state index contributed by atoms with van der Waals surface area (Å²) in [5, 5.41) is 12.2. The largest absolute Gasteiger partial charge is 0.481 e. The molecule has 0 aromatic rings. The van der Waals surface area contributed by atoms with Gasteiger partial charge in [-0.25, -0.2) is 0 Å². The van der Waals surface area contributed by atoms with Crippen LogP contribution >= 0.6 is 0 Å². The Morgan fingerprint density at radius 3 is 1.80 bits per heavy atom. The summed E-state index contributed by atoms with van der Waals surface area (Å²) < 4.78 is 0. The number of amides is 1. The summed E-state index contributed by atoms with van der Waals surface area (Å²) in [7, 11) is 1.68. The van der Waals surface area contributed by atoms with E-state index in [1.165, 1.54) is 0 Å². The fourth-order valence-corrected chi connectivity index (χ4v) is 3.68. The van der Waals surface area contributed by atoms with E-state index in [1.54, 1.807) is 7.05 Å². The maximum absolute atomic E-state index is 12.1. The van der Waals surface area contributed by atoms with E-state index in [2.05, 4.69) is 26.1 Å². The number of carboxylic acid groups (broad SMARTS) is 1. The fraction of sp³-hybridized carbons (Fsp3) is 0.875. The van der Waals surface area contributed by atoms with Crippen molar-refractivity contribution in [1.82, 2.24) is 5.32 Å². The number of rotatable bonds is 2. The van der Waals surface area contributed by atoms with Gasteiger partial charge >= 0.3 is 5.97 Å². The SMILES string of the molecule is CNC(=O)[C@H]1CCC[C@@H](C(=O)O)[C@@H](C)[C@H](C)[C@H](C)[C@@H]1C. The molecule has 1 aliphatic rings. The van der Waals surface area contributed by atoms with Gasteiger partial charge in [0.25, 0.3) is 0 Å². The molecule has 4 nitrogen and oxygen atoms in total. The van der Waals surface area contributed by atoms with Gasteiger partial charge in [-0.15, -0.1) is 0 Å². The predicted octanol–water partition coefficient (Wildman–Crippen LogP) is 2.78. The summed E-state index contributed by atoms with van der Waals surface area (Å²) in [6.07, 6.45) is 2.27. The average Bonchev–Trinajstić information content (AvgIpc) is 2.45. The Hall–Kier alpha value is -1.06. The highest BCUT2D eigenvalue weighted by Gasteiger charge is 2.38. The van der Waals surface area contributed by atoms with Crippen molar-refractivity contribution >= 4 is 11.9 Å². The first kappa shape index (κ1) is 17.0. The van der Waals surface area contributed by atoms with E-state index in [0.29, 0.717) is 18.3 Å². The Balaban J connectivity index is 3.00. The van der Waals surface area contributed by atoms with E-state index in [1.807, 2.05) is 6.92 Å². The summed E-state index contributed by atoms with van der Waals surface area (Å²) in [5.41, 5.74) is 0. The predicted molar refractivity (Wildman–Crippen MR) is 79.2 cm³/mol. The Morgan fingerprint density at radius 2 is 1.35 bits per heavy atom. The molecule has 116 valence electrons. The van der Waals surface area contributed by atoms with Crippen LogP contribution in [0.2, 0.25) is 0 Å². The second kappa shape index (κ2) is 7.09. The molecule has 0 heterocycles. The smallest absolute Gasteiger partial charge is 0.306 e. The lowest BCUT2D eigenvalue weighted by Gasteiger charge is -2.34. The molecule has 0 aromatic carbocycles. The van der Waals surface area contributed by atoms with Gasteiger partial charge in [-0.2, -0.15) is 0 Å². The maximum Gasteiger partial charge on any atom is 0.306 e. The van der Waals surface area contributed by atoms with Crippen LogP contribution in [0.1, 0.15) is 47.0 Å². The van der Waals surface area contributed by atoms with Gasteiger partial charge < -0.3 is 10.4 Å². The summed E-state index contributed by atoms with van der Waals surface area (Å²) >= 11 is 0. The van der Waals surface area contributed by atoms with Crippen LogP contribution in [0.15, 0.2) is 0 Å². The van der Waals surface area contributed by atoms with Gasteiger partial charge in [-0.3, -0.25) is 9.59 Å². The van der Waals surface area contributed by atoms with Gasteiger partial charge in [0, 0.05) is 13.0 Å². The molecule has 1 aliphatic carbocycles. The van der Waals surface area contributed by atoms with Crippen molar-refractivity contribution < 1.29 is 14.7 Å². The molecule has 1 fully saturated rings. The Labute approximate surface area is 122 Å². The molecule has 0 aromatic heterocycles. The maximum atomic E-state index is 12.1. The van der Waals surface area contributed by atoms with Crippen molar-refractivity contribution in [3.8, 4) is 0 Å². The molecule has 1 amide bonds. The van der Waals surface area contributed by atoms with Crippen LogP contribution in [-0.2, 0) is 9.59 Å². The van der Waals surface area contributed by atoms with Crippen LogP contribution in [0.4, 0.5) is 0 Å². The number of carbonyl (C=O) groups excluding carboxylic acids is 1. The Bertz CT molecular complexity index is 356. The Kier molecular flexibility index (Phi) is 6.03. The zero-order valence-electron chi connectivity index (χ0n) is 13.3. The molecule has 0 saturated heterocycles. The standard InChI is InChI=1S/C16H29NO3/c1-9-10(2)12(4)14(16(19)20)8-6-7-13(11(9)3)15(18)17-5/h9-14H,6-8H2,1-5H3,(H,17,18)(H,19,20)/t9-,10+,11-,12-,13-,14+/m0/s1. The molecule has 1 saturated carbocycles. The van der Waals surface area contributed by atoms with Crippen molar-refractivity contribution in [3.05, 3.63) is 0 Å². The molecule has 0 bridgehead atoms. The molecule has 1 rings (SSSR count). The molecule has 6 atom stereocenters. The van der Waals surface area contributed by atoms with Gasteiger partial charge in [-0.05, 0) is 36.5 Å². The van der Waals surface area contributed by atoms with E-state index in [4.69, 9.17) is 0 Å². The first-order valence-electron chi connectivity index (χ1n) is 7.75. The van der Waals surface area contributed by atoms with E-state index < -0.39 is 5.97 Å². The zero-order valence-corrected chi connectivity index (χ0v) is 13.3.